The number of unbranched alkanes of at least 4 members (excludes halogenated alkanes) is 1. The van der Waals surface area contributed by atoms with E-state index in [1.54, 1.807) is 0 Å². The lowest BCUT2D eigenvalue weighted by Gasteiger charge is -2.29. The molecule has 0 radical (unpaired) electrons. The fourth-order valence-electron chi connectivity index (χ4n) is 3.04. The Labute approximate surface area is 134 Å². The number of rotatable bonds is 6. The van der Waals surface area contributed by atoms with E-state index < -0.39 is 12.1 Å². The van der Waals surface area contributed by atoms with Crippen molar-refractivity contribution in [1.82, 2.24) is 15.6 Å². The molecule has 1 aliphatic rings. The van der Waals surface area contributed by atoms with Crippen molar-refractivity contribution in [1.29, 1.82) is 0 Å². The average molecular weight is 314 g/mol. The zero-order valence-electron chi connectivity index (χ0n) is 13.0. The molecule has 0 aliphatic carbocycles. The van der Waals surface area contributed by atoms with Crippen molar-refractivity contribution in [2.75, 3.05) is 6.54 Å². The van der Waals surface area contributed by atoms with Crippen LogP contribution in [-0.4, -0.2) is 35.4 Å². The Morgan fingerprint density at radius 1 is 1.00 bits per heavy atom. The normalized spacial score (nSPS) is 21.3. The van der Waals surface area contributed by atoms with Gasteiger partial charge in [0.15, 0.2) is 0 Å². The van der Waals surface area contributed by atoms with E-state index in [9.17, 15) is 9.59 Å². The average Bonchev–Trinajstić information content (AvgIpc) is 2.95. The minimum absolute atomic E-state index is 0.105. The Bertz CT molecular complexity index is 709. The molecule has 5 N–H and O–H groups in total. The van der Waals surface area contributed by atoms with E-state index >= 15 is 0 Å². The maximum absolute atomic E-state index is 12.3. The molecule has 1 aromatic carbocycles. The van der Waals surface area contributed by atoms with Gasteiger partial charge in [-0.2, -0.15) is 0 Å². The second-order valence-electron chi connectivity index (χ2n) is 5.97. The molecule has 0 spiro atoms. The maximum Gasteiger partial charge on any atom is 0.243 e. The first-order valence-corrected chi connectivity index (χ1v) is 8.05. The van der Waals surface area contributed by atoms with E-state index in [0.29, 0.717) is 19.4 Å². The number of carbonyl (C=O) groups excluding carboxylic acids is 2. The molecule has 2 heterocycles. The number of amides is 2. The van der Waals surface area contributed by atoms with Crippen LogP contribution < -0.4 is 16.4 Å². The number of aromatic nitrogens is 1. The van der Waals surface area contributed by atoms with Crippen LogP contribution in [0.2, 0.25) is 0 Å². The summed E-state index contributed by atoms with van der Waals surface area (Å²) in [7, 11) is 0. The number of fused-ring (bicyclic) bond motifs is 1. The van der Waals surface area contributed by atoms with Crippen molar-refractivity contribution < 1.29 is 9.59 Å². The third-order valence-electron chi connectivity index (χ3n) is 4.31. The van der Waals surface area contributed by atoms with E-state index in [0.717, 1.165) is 29.3 Å². The number of piperazine rings is 1. The molecule has 0 bridgehead atoms. The van der Waals surface area contributed by atoms with Gasteiger partial charge in [-0.3, -0.25) is 9.59 Å². The van der Waals surface area contributed by atoms with Crippen LogP contribution >= 0.6 is 0 Å². The first-order chi connectivity index (χ1) is 11.2. The number of H-pyrrole nitrogens is 1. The summed E-state index contributed by atoms with van der Waals surface area (Å²) >= 11 is 0. The monoisotopic (exact) mass is 314 g/mol. The quantitative estimate of drug-likeness (QED) is 0.594. The van der Waals surface area contributed by atoms with Gasteiger partial charge < -0.3 is 21.4 Å². The number of benzene rings is 1. The molecule has 2 atom stereocenters. The Morgan fingerprint density at radius 2 is 1.74 bits per heavy atom. The van der Waals surface area contributed by atoms with Gasteiger partial charge in [0.05, 0.1) is 0 Å². The number of para-hydroxylation sites is 1. The SMILES string of the molecule is NCCCC[C@@H]1NC(=O)[C@@H](Cc2c[nH]c3ccccc23)NC1=O. The second-order valence-corrected chi connectivity index (χ2v) is 5.97. The van der Waals surface area contributed by atoms with Crippen LogP contribution in [0, 0.1) is 0 Å². The summed E-state index contributed by atoms with van der Waals surface area (Å²) < 4.78 is 0. The van der Waals surface area contributed by atoms with Crippen LogP contribution in [-0.2, 0) is 16.0 Å². The van der Waals surface area contributed by atoms with Crippen LogP contribution in [0.3, 0.4) is 0 Å². The molecule has 0 unspecified atom stereocenters. The van der Waals surface area contributed by atoms with Gasteiger partial charge in [0.1, 0.15) is 12.1 Å². The lowest BCUT2D eigenvalue weighted by atomic mass is 9.99. The van der Waals surface area contributed by atoms with Gasteiger partial charge in [0, 0.05) is 23.5 Å². The van der Waals surface area contributed by atoms with Gasteiger partial charge in [-0.05, 0) is 37.4 Å². The van der Waals surface area contributed by atoms with E-state index in [1.165, 1.54) is 0 Å². The van der Waals surface area contributed by atoms with Gasteiger partial charge in [-0.25, -0.2) is 0 Å². The van der Waals surface area contributed by atoms with Crippen LogP contribution in [0.4, 0.5) is 0 Å². The molecule has 0 saturated carbocycles. The zero-order valence-corrected chi connectivity index (χ0v) is 13.0. The largest absolute Gasteiger partial charge is 0.361 e. The number of hydrogen-bond acceptors (Lipinski definition) is 3. The Morgan fingerprint density at radius 3 is 2.57 bits per heavy atom. The summed E-state index contributed by atoms with van der Waals surface area (Å²) in [4.78, 5) is 27.6. The number of hydrogen-bond donors (Lipinski definition) is 4. The summed E-state index contributed by atoms with van der Waals surface area (Å²) in [5, 5.41) is 6.77. The zero-order chi connectivity index (χ0) is 16.2. The maximum atomic E-state index is 12.3. The third-order valence-corrected chi connectivity index (χ3v) is 4.31. The highest BCUT2D eigenvalue weighted by atomic mass is 16.2. The molecule has 122 valence electrons. The van der Waals surface area contributed by atoms with Crippen LogP contribution in [0.25, 0.3) is 10.9 Å². The van der Waals surface area contributed by atoms with Gasteiger partial charge in [0.25, 0.3) is 0 Å². The van der Waals surface area contributed by atoms with Crippen LogP contribution in [0.1, 0.15) is 24.8 Å². The molecule has 1 saturated heterocycles. The third kappa shape index (κ3) is 3.37. The van der Waals surface area contributed by atoms with Crippen molar-refractivity contribution in [3.8, 4) is 0 Å². The Balaban J connectivity index is 1.66. The van der Waals surface area contributed by atoms with Gasteiger partial charge in [-0.1, -0.05) is 18.2 Å². The molecule has 3 rings (SSSR count). The number of nitrogens with one attached hydrogen (secondary N) is 3. The molecule has 2 aromatic rings. The number of carbonyl (C=O) groups is 2. The highest BCUT2D eigenvalue weighted by Gasteiger charge is 2.33. The van der Waals surface area contributed by atoms with E-state index in [2.05, 4.69) is 15.6 Å². The lowest BCUT2D eigenvalue weighted by molar-refractivity contribution is -0.136. The first-order valence-electron chi connectivity index (χ1n) is 8.05. The van der Waals surface area contributed by atoms with Gasteiger partial charge in [-0.15, -0.1) is 0 Å². The first kappa shape index (κ1) is 15.6. The minimum atomic E-state index is -0.521. The van der Waals surface area contributed by atoms with E-state index in [-0.39, 0.29) is 11.8 Å². The topological polar surface area (TPSA) is 100 Å². The highest BCUT2D eigenvalue weighted by molar-refractivity contribution is 5.97. The summed E-state index contributed by atoms with van der Waals surface area (Å²) in [5.74, 6) is -0.223. The van der Waals surface area contributed by atoms with Crippen LogP contribution in [0.5, 0.6) is 0 Å². The summed E-state index contributed by atoms with van der Waals surface area (Å²) in [6.07, 6.45) is 4.71. The number of nitrogens with two attached hydrogens (primary N) is 1. The van der Waals surface area contributed by atoms with Gasteiger partial charge >= 0.3 is 0 Å². The van der Waals surface area contributed by atoms with E-state index in [1.807, 2.05) is 30.5 Å². The van der Waals surface area contributed by atoms with Crippen molar-refractivity contribution >= 4 is 22.7 Å². The Hall–Kier alpha value is -2.34. The number of aromatic amines is 1. The molecule has 6 heteroatoms. The molecule has 1 aliphatic heterocycles. The molecular formula is C17H22N4O2. The summed E-state index contributed by atoms with van der Waals surface area (Å²) in [6.45, 7) is 0.603. The minimum Gasteiger partial charge on any atom is -0.361 e. The molecule has 6 nitrogen and oxygen atoms in total. The predicted octanol–water partition coefficient (Wildman–Crippen LogP) is 0.823. The second kappa shape index (κ2) is 6.83. The molecule has 1 fully saturated rings. The lowest BCUT2D eigenvalue weighted by Crippen LogP contribution is -2.62. The molecule has 23 heavy (non-hydrogen) atoms. The Kier molecular flexibility index (Phi) is 4.62. The molecular weight excluding hydrogens is 292 g/mol. The van der Waals surface area contributed by atoms with Crippen LogP contribution in [0.15, 0.2) is 30.5 Å². The fraction of sp³-hybridized carbons (Fsp3) is 0.412. The summed E-state index contributed by atoms with van der Waals surface area (Å²) in [6, 6.07) is 6.97. The van der Waals surface area contributed by atoms with E-state index in [4.69, 9.17) is 5.73 Å². The van der Waals surface area contributed by atoms with Crippen molar-refractivity contribution in [2.45, 2.75) is 37.8 Å². The molecule has 2 amide bonds. The van der Waals surface area contributed by atoms with Gasteiger partial charge in [0.2, 0.25) is 11.8 Å². The fourth-order valence-corrected chi connectivity index (χ4v) is 3.04. The van der Waals surface area contributed by atoms with Crippen molar-refractivity contribution in [3.05, 3.63) is 36.0 Å². The van der Waals surface area contributed by atoms with Crippen molar-refractivity contribution in [2.24, 2.45) is 5.73 Å². The highest BCUT2D eigenvalue weighted by Crippen LogP contribution is 2.20. The summed E-state index contributed by atoms with van der Waals surface area (Å²) in [5.41, 5.74) is 7.52. The standard InChI is InChI=1S/C17H22N4O2/c18-8-4-3-7-14-16(22)21-15(17(23)20-14)9-11-10-19-13-6-2-1-5-12(11)13/h1-2,5-6,10,14-15,19H,3-4,7-9,18H2,(H,20,23)(H,21,22)/t14-,15+/m0/s1. The van der Waals surface area contributed by atoms with Crippen molar-refractivity contribution in [3.63, 3.8) is 0 Å². The predicted molar refractivity (Wildman–Crippen MR) is 88.8 cm³/mol. The smallest absolute Gasteiger partial charge is 0.243 e. The molecule has 1 aromatic heterocycles.